The van der Waals surface area contributed by atoms with Gasteiger partial charge in [0.05, 0.1) is 4.91 Å². The Bertz CT molecular complexity index is 846. The summed E-state index contributed by atoms with van der Waals surface area (Å²) >= 11 is 1.16. The molecule has 3 rings (SSSR count). The number of rotatable bonds is 6. The molecule has 0 fully saturated rings. The molecule has 2 aromatic rings. The lowest BCUT2D eigenvalue weighted by atomic mass is 10.2. The number of amides is 1. The van der Waals surface area contributed by atoms with Crippen LogP contribution in [0.3, 0.4) is 0 Å². The van der Waals surface area contributed by atoms with Gasteiger partial charge in [-0.05, 0) is 42.5 Å². The summed E-state index contributed by atoms with van der Waals surface area (Å²) in [5.74, 6) is 1.21. The second kappa shape index (κ2) is 7.90. The quantitative estimate of drug-likeness (QED) is 0.636. The number of benzene rings is 2. The summed E-state index contributed by atoms with van der Waals surface area (Å²) in [6.07, 6.45) is 1.74. The van der Waals surface area contributed by atoms with Crippen LogP contribution in [0.4, 0.5) is 0 Å². The van der Waals surface area contributed by atoms with Crippen molar-refractivity contribution in [2.24, 2.45) is 10.7 Å². The molecule has 2 aromatic carbocycles. The predicted octanol–water partition coefficient (Wildman–Crippen LogP) is 3.38. The lowest BCUT2D eigenvalue weighted by Gasteiger charge is -2.11. The van der Waals surface area contributed by atoms with Crippen LogP contribution in [-0.4, -0.2) is 24.3 Å². The van der Waals surface area contributed by atoms with Gasteiger partial charge >= 0.3 is 0 Å². The van der Waals surface area contributed by atoms with Gasteiger partial charge in [0.2, 0.25) is 0 Å². The van der Waals surface area contributed by atoms with Gasteiger partial charge in [-0.3, -0.25) is 4.79 Å². The minimum absolute atomic E-state index is 0.265. The van der Waals surface area contributed by atoms with Crippen LogP contribution in [0.15, 0.2) is 58.4 Å². The molecule has 2 N–H and O–H groups in total. The minimum atomic E-state index is -0.319. The molecule has 0 aliphatic carbocycles. The van der Waals surface area contributed by atoms with Crippen LogP contribution in [0, 0.1) is 6.92 Å². The number of ether oxygens (including phenoxy) is 2. The standard InChI is InChI=1S/C19H18N2O3S/c1-13-6-2-4-8-15(13)23-10-11-24-16-9-5-3-7-14(16)12-17-18(22)21-19(20)25-17/h2-9,12H,10-11H2,1H3,(H2,20,21,22)/b17-12-. The smallest absolute Gasteiger partial charge is 0.286 e. The third-order valence-corrected chi connectivity index (χ3v) is 4.35. The van der Waals surface area contributed by atoms with Crippen molar-refractivity contribution >= 4 is 28.9 Å². The summed E-state index contributed by atoms with van der Waals surface area (Å²) < 4.78 is 11.5. The Morgan fingerprint density at radius 1 is 1.04 bits per heavy atom. The maximum Gasteiger partial charge on any atom is 0.286 e. The van der Waals surface area contributed by atoms with E-state index in [0.29, 0.717) is 23.9 Å². The Balaban J connectivity index is 1.61. The molecule has 0 radical (unpaired) electrons. The van der Waals surface area contributed by atoms with Crippen LogP contribution in [0.1, 0.15) is 11.1 Å². The molecule has 0 aromatic heterocycles. The molecule has 1 aliphatic heterocycles. The van der Waals surface area contributed by atoms with Crippen molar-refractivity contribution < 1.29 is 14.3 Å². The molecule has 0 atom stereocenters. The monoisotopic (exact) mass is 354 g/mol. The molecule has 25 heavy (non-hydrogen) atoms. The lowest BCUT2D eigenvalue weighted by molar-refractivity contribution is -0.113. The third kappa shape index (κ3) is 4.42. The van der Waals surface area contributed by atoms with E-state index in [4.69, 9.17) is 15.2 Å². The normalized spacial score (nSPS) is 15.3. The third-order valence-electron chi connectivity index (χ3n) is 3.53. The van der Waals surface area contributed by atoms with Crippen molar-refractivity contribution in [2.75, 3.05) is 13.2 Å². The summed E-state index contributed by atoms with van der Waals surface area (Å²) in [6.45, 7) is 2.83. The maximum absolute atomic E-state index is 11.7. The van der Waals surface area contributed by atoms with Crippen LogP contribution in [0.2, 0.25) is 0 Å². The van der Waals surface area contributed by atoms with Crippen molar-refractivity contribution in [3.63, 3.8) is 0 Å². The zero-order valence-corrected chi connectivity index (χ0v) is 14.6. The molecule has 1 heterocycles. The van der Waals surface area contributed by atoms with E-state index < -0.39 is 0 Å². The number of nitrogens with two attached hydrogens (primary N) is 1. The first-order valence-electron chi connectivity index (χ1n) is 7.82. The molecule has 128 valence electrons. The first-order valence-corrected chi connectivity index (χ1v) is 8.63. The average molecular weight is 354 g/mol. The fourth-order valence-corrected chi connectivity index (χ4v) is 2.99. The van der Waals surface area contributed by atoms with Crippen molar-refractivity contribution in [2.45, 2.75) is 6.92 Å². The number of carbonyl (C=O) groups is 1. The van der Waals surface area contributed by atoms with Gasteiger partial charge in [-0.15, -0.1) is 0 Å². The van der Waals surface area contributed by atoms with E-state index in [9.17, 15) is 4.79 Å². The van der Waals surface area contributed by atoms with Crippen LogP contribution in [-0.2, 0) is 4.79 Å². The molecule has 1 aliphatic rings. The number of carbonyl (C=O) groups excluding carboxylic acids is 1. The highest BCUT2D eigenvalue weighted by Crippen LogP contribution is 2.29. The maximum atomic E-state index is 11.7. The van der Waals surface area contributed by atoms with Gasteiger partial charge in [0.15, 0.2) is 5.17 Å². The highest BCUT2D eigenvalue weighted by Gasteiger charge is 2.20. The number of amidine groups is 1. The SMILES string of the molecule is Cc1ccccc1OCCOc1ccccc1/C=C1\SC(N)=NC1=O. The van der Waals surface area contributed by atoms with E-state index >= 15 is 0 Å². The largest absolute Gasteiger partial charge is 0.490 e. The van der Waals surface area contributed by atoms with Crippen molar-refractivity contribution in [3.8, 4) is 11.5 Å². The van der Waals surface area contributed by atoms with Crippen molar-refractivity contribution in [1.29, 1.82) is 0 Å². The van der Waals surface area contributed by atoms with E-state index in [-0.39, 0.29) is 11.1 Å². The van der Waals surface area contributed by atoms with Crippen LogP contribution in [0.5, 0.6) is 11.5 Å². The van der Waals surface area contributed by atoms with Crippen molar-refractivity contribution in [1.82, 2.24) is 0 Å². The molecular formula is C19H18N2O3S. The number of nitrogens with zero attached hydrogens (tertiary/aromatic N) is 1. The first-order chi connectivity index (χ1) is 12.1. The highest BCUT2D eigenvalue weighted by molar-refractivity contribution is 8.18. The van der Waals surface area contributed by atoms with Gasteiger partial charge in [0.1, 0.15) is 24.7 Å². The van der Waals surface area contributed by atoms with Gasteiger partial charge in [-0.2, -0.15) is 4.99 Å². The lowest BCUT2D eigenvalue weighted by Crippen LogP contribution is -2.10. The molecule has 0 saturated carbocycles. The van der Waals surface area contributed by atoms with Gasteiger partial charge in [0.25, 0.3) is 5.91 Å². The number of hydrogen-bond acceptors (Lipinski definition) is 5. The minimum Gasteiger partial charge on any atom is -0.490 e. The van der Waals surface area contributed by atoms with Gasteiger partial charge in [-0.25, -0.2) is 0 Å². The first kappa shape index (κ1) is 17.1. The second-order valence-electron chi connectivity index (χ2n) is 5.37. The Hall–Kier alpha value is -2.73. The molecule has 6 heteroatoms. The fourth-order valence-electron chi connectivity index (χ4n) is 2.32. The number of aliphatic imine (C=N–C) groups is 1. The van der Waals surface area contributed by atoms with Crippen LogP contribution in [0.25, 0.3) is 6.08 Å². The summed E-state index contributed by atoms with van der Waals surface area (Å²) in [4.78, 5) is 15.9. The Labute approximate surface area is 150 Å². The molecular weight excluding hydrogens is 336 g/mol. The van der Waals surface area contributed by atoms with Gasteiger partial charge < -0.3 is 15.2 Å². The molecule has 5 nitrogen and oxygen atoms in total. The number of aryl methyl sites for hydroxylation is 1. The molecule has 0 spiro atoms. The summed E-state index contributed by atoms with van der Waals surface area (Å²) in [5, 5.41) is 0.265. The van der Waals surface area contributed by atoms with Crippen molar-refractivity contribution in [3.05, 3.63) is 64.6 Å². The summed E-state index contributed by atoms with van der Waals surface area (Å²) in [6, 6.07) is 15.4. The summed E-state index contributed by atoms with van der Waals surface area (Å²) in [7, 11) is 0. The highest BCUT2D eigenvalue weighted by atomic mass is 32.2. The van der Waals surface area contributed by atoms with E-state index in [0.717, 1.165) is 28.6 Å². The zero-order chi connectivity index (χ0) is 17.6. The molecule has 0 bridgehead atoms. The summed E-state index contributed by atoms with van der Waals surface area (Å²) in [5.41, 5.74) is 7.47. The fraction of sp³-hybridized carbons (Fsp3) is 0.158. The zero-order valence-electron chi connectivity index (χ0n) is 13.8. The Morgan fingerprint density at radius 3 is 2.36 bits per heavy atom. The molecule has 1 amide bonds. The number of para-hydroxylation sites is 2. The Morgan fingerprint density at radius 2 is 1.68 bits per heavy atom. The molecule has 0 unspecified atom stereocenters. The topological polar surface area (TPSA) is 73.9 Å². The van der Waals surface area contributed by atoms with Gasteiger partial charge in [-0.1, -0.05) is 36.4 Å². The van der Waals surface area contributed by atoms with E-state index in [1.165, 1.54) is 0 Å². The average Bonchev–Trinajstić information content (AvgIpc) is 2.92. The van der Waals surface area contributed by atoms with E-state index in [1.807, 2.05) is 55.5 Å². The van der Waals surface area contributed by atoms with Crippen LogP contribution >= 0.6 is 11.8 Å². The number of thioether (sulfide) groups is 1. The second-order valence-corrected chi connectivity index (χ2v) is 6.43. The van der Waals surface area contributed by atoms with Gasteiger partial charge in [0, 0.05) is 5.56 Å². The Kier molecular flexibility index (Phi) is 5.40. The van der Waals surface area contributed by atoms with E-state index in [1.54, 1.807) is 6.08 Å². The molecule has 0 saturated heterocycles. The predicted molar refractivity (Wildman–Crippen MR) is 101 cm³/mol. The van der Waals surface area contributed by atoms with E-state index in [2.05, 4.69) is 4.99 Å². The number of hydrogen-bond donors (Lipinski definition) is 1. The van der Waals surface area contributed by atoms with Crippen LogP contribution < -0.4 is 15.2 Å².